The van der Waals surface area contributed by atoms with Crippen LogP contribution in [0.25, 0.3) is 6.08 Å². The summed E-state index contributed by atoms with van der Waals surface area (Å²) in [6, 6.07) is 16.4. The molecule has 0 aliphatic carbocycles. The van der Waals surface area contributed by atoms with Crippen molar-refractivity contribution in [3.05, 3.63) is 98.4 Å². The number of amides is 2. The summed E-state index contributed by atoms with van der Waals surface area (Å²) < 4.78 is 16.3. The Morgan fingerprint density at radius 1 is 1.03 bits per heavy atom. The maximum Gasteiger partial charge on any atom is 0.293 e. The lowest BCUT2D eigenvalue weighted by molar-refractivity contribution is -0.123. The molecule has 1 fully saturated rings. The lowest BCUT2D eigenvalue weighted by atomic mass is 10.2. The van der Waals surface area contributed by atoms with E-state index in [1.807, 2.05) is 38.1 Å². The Bertz CT molecular complexity index is 1180. The second-order valence-electron chi connectivity index (χ2n) is 7.37. The van der Waals surface area contributed by atoms with Gasteiger partial charge in [-0.2, -0.15) is 0 Å². The number of carbonyl (C=O) groups is 2. The number of aromatic nitrogens is 1. The molecule has 2 heterocycles. The highest BCUT2D eigenvalue weighted by Gasteiger charge is 2.36. The number of hydrogen-bond donors (Lipinski definition) is 0. The van der Waals surface area contributed by atoms with Crippen LogP contribution in [0.2, 0.25) is 5.02 Å². The molecule has 7 heteroatoms. The van der Waals surface area contributed by atoms with E-state index >= 15 is 0 Å². The topological polar surface area (TPSA) is 42.3 Å². The summed E-state index contributed by atoms with van der Waals surface area (Å²) in [4.78, 5) is 26.7. The van der Waals surface area contributed by atoms with Gasteiger partial charge in [-0.3, -0.25) is 14.5 Å². The van der Waals surface area contributed by atoms with Gasteiger partial charge in [-0.1, -0.05) is 48.0 Å². The fourth-order valence-electron chi connectivity index (χ4n) is 3.60. The standard InChI is InChI=1S/C24H20ClFN2O2S/c1-15-11-18(16(2)27(15)13-17-7-4-3-5-8-17)12-22-23(29)28(24(30)31-22)14-19-20(25)9-6-10-21(19)26/h3-12H,13-14H2,1-2H3/b22-12-. The first kappa shape index (κ1) is 21.4. The van der Waals surface area contributed by atoms with Crippen molar-refractivity contribution in [3.8, 4) is 0 Å². The monoisotopic (exact) mass is 454 g/mol. The maximum atomic E-state index is 14.1. The second-order valence-corrected chi connectivity index (χ2v) is 8.77. The number of rotatable bonds is 5. The van der Waals surface area contributed by atoms with Crippen LogP contribution in [0, 0.1) is 19.7 Å². The number of aryl methyl sites for hydroxylation is 1. The van der Waals surface area contributed by atoms with Gasteiger partial charge in [-0.05, 0) is 61.0 Å². The third-order valence-electron chi connectivity index (χ3n) is 5.33. The molecule has 158 valence electrons. The SMILES string of the molecule is Cc1cc(/C=C2\SC(=O)N(Cc3c(F)cccc3Cl)C2=O)c(C)n1Cc1ccccc1. The van der Waals surface area contributed by atoms with Crippen molar-refractivity contribution in [2.45, 2.75) is 26.9 Å². The Morgan fingerprint density at radius 3 is 2.48 bits per heavy atom. The van der Waals surface area contributed by atoms with E-state index in [2.05, 4.69) is 16.7 Å². The van der Waals surface area contributed by atoms with Gasteiger partial charge in [0.15, 0.2) is 0 Å². The second kappa shape index (κ2) is 8.73. The molecule has 2 aromatic carbocycles. The Morgan fingerprint density at radius 2 is 1.77 bits per heavy atom. The van der Waals surface area contributed by atoms with Crippen LogP contribution in [0.5, 0.6) is 0 Å². The molecule has 1 aromatic heterocycles. The highest BCUT2D eigenvalue weighted by Crippen LogP contribution is 2.35. The molecular weight excluding hydrogens is 435 g/mol. The average Bonchev–Trinajstić information content (AvgIpc) is 3.15. The van der Waals surface area contributed by atoms with Crippen molar-refractivity contribution < 1.29 is 14.0 Å². The quantitative estimate of drug-likeness (QED) is 0.432. The van der Waals surface area contributed by atoms with E-state index in [0.29, 0.717) is 4.91 Å². The summed E-state index contributed by atoms with van der Waals surface area (Å²) in [6.45, 7) is 4.53. The van der Waals surface area contributed by atoms with Crippen LogP contribution in [-0.4, -0.2) is 20.6 Å². The predicted octanol–water partition coefficient (Wildman–Crippen LogP) is 6.18. The largest absolute Gasteiger partial charge is 0.344 e. The van der Waals surface area contributed by atoms with Gasteiger partial charge in [0.2, 0.25) is 0 Å². The fourth-order valence-corrected chi connectivity index (χ4v) is 4.65. The zero-order chi connectivity index (χ0) is 22.1. The molecule has 3 aromatic rings. The van der Waals surface area contributed by atoms with Gasteiger partial charge in [-0.15, -0.1) is 0 Å². The molecule has 0 saturated carbocycles. The van der Waals surface area contributed by atoms with Gasteiger partial charge in [0.1, 0.15) is 5.82 Å². The number of imide groups is 1. The molecule has 1 aliphatic heterocycles. The molecule has 1 aliphatic rings. The Hall–Kier alpha value is -2.83. The van der Waals surface area contributed by atoms with Crippen molar-refractivity contribution in [1.82, 2.24) is 9.47 Å². The fraction of sp³-hybridized carbons (Fsp3) is 0.167. The zero-order valence-electron chi connectivity index (χ0n) is 17.1. The molecule has 0 atom stereocenters. The third kappa shape index (κ3) is 4.31. The van der Waals surface area contributed by atoms with E-state index < -0.39 is 17.0 Å². The first-order chi connectivity index (χ1) is 14.8. The Balaban J connectivity index is 1.59. The lowest BCUT2D eigenvalue weighted by Crippen LogP contribution is -2.28. The predicted molar refractivity (Wildman–Crippen MR) is 122 cm³/mol. The van der Waals surface area contributed by atoms with Crippen LogP contribution in [0.4, 0.5) is 9.18 Å². The molecule has 0 spiro atoms. The Labute approximate surface area is 189 Å². The van der Waals surface area contributed by atoms with E-state index in [4.69, 9.17) is 11.6 Å². The molecule has 2 amide bonds. The van der Waals surface area contributed by atoms with E-state index in [0.717, 1.165) is 40.2 Å². The number of hydrogen-bond acceptors (Lipinski definition) is 3. The molecule has 4 nitrogen and oxygen atoms in total. The number of thioether (sulfide) groups is 1. The van der Waals surface area contributed by atoms with Gasteiger partial charge in [0.25, 0.3) is 11.1 Å². The van der Waals surface area contributed by atoms with Crippen LogP contribution in [-0.2, 0) is 17.9 Å². The number of halogens is 2. The third-order valence-corrected chi connectivity index (χ3v) is 6.60. The van der Waals surface area contributed by atoms with Crippen molar-refractivity contribution in [1.29, 1.82) is 0 Å². The molecule has 0 unspecified atom stereocenters. The summed E-state index contributed by atoms with van der Waals surface area (Å²) in [5.41, 5.74) is 4.25. The van der Waals surface area contributed by atoms with Crippen LogP contribution in [0.15, 0.2) is 59.5 Å². The summed E-state index contributed by atoms with van der Waals surface area (Å²) in [6.07, 6.45) is 1.73. The highest BCUT2D eigenvalue weighted by molar-refractivity contribution is 8.18. The smallest absolute Gasteiger partial charge is 0.293 e. The van der Waals surface area contributed by atoms with Crippen LogP contribution < -0.4 is 0 Å². The van der Waals surface area contributed by atoms with Gasteiger partial charge < -0.3 is 4.57 Å². The Kier molecular flexibility index (Phi) is 6.03. The summed E-state index contributed by atoms with van der Waals surface area (Å²) in [5.74, 6) is -0.984. The van der Waals surface area contributed by atoms with Crippen molar-refractivity contribution >= 4 is 40.6 Å². The average molecular weight is 455 g/mol. The molecule has 4 rings (SSSR count). The van der Waals surface area contributed by atoms with Crippen molar-refractivity contribution in [3.63, 3.8) is 0 Å². The molecular formula is C24H20ClFN2O2S. The van der Waals surface area contributed by atoms with E-state index in [9.17, 15) is 14.0 Å². The molecule has 31 heavy (non-hydrogen) atoms. The van der Waals surface area contributed by atoms with Crippen molar-refractivity contribution in [2.75, 3.05) is 0 Å². The van der Waals surface area contributed by atoms with Crippen LogP contribution in [0.3, 0.4) is 0 Å². The zero-order valence-corrected chi connectivity index (χ0v) is 18.6. The van der Waals surface area contributed by atoms with Gasteiger partial charge in [-0.25, -0.2) is 4.39 Å². The molecule has 0 radical (unpaired) electrons. The van der Waals surface area contributed by atoms with Crippen LogP contribution >= 0.6 is 23.4 Å². The van der Waals surface area contributed by atoms with Crippen molar-refractivity contribution in [2.24, 2.45) is 0 Å². The summed E-state index contributed by atoms with van der Waals surface area (Å²) in [5, 5.41) is -0.249. The molecule has 1 saturated heterocycles. The van der Waals surface area contributed by atoms with Crippen LogP contribution in [0.1, 0.15) is 28.1 Å². The molecule has 0 N–H and O–H groups in total. The van der Waals surface area contributed by atoms with Gasteiger partial charge in [0, 0.05) is 28.5 Å². The minimum absolute atomic E-state index is 0.133. The van der Waals surface area contributed by atoms with E-state index in [1.54, 1.807) is 6.08 Å². The van der Waals surface area contributed by atoms with E-state index in [1.165, 1.54) is 23.8 Å². The lowest BCUT2D eigenvalue weighted by Gasteiger charge is -2.14. The molecule has 0 bridgehead atoms. The van der Waals surface area contributed by atoms with E-state index in [-0.39, 0.29) is 17.1 Å². The van der Waals surface area contributed by atoms with Gasteiger partial charge >= 0.3 is 0 Å². The minimum Gasteiger partial charge on any atom is -0.344 e. The number of nitrogens with zero attached hydrogens (tertiary/aromatic N) is 2. The number of carbonyl (C=O) groups excluding carboxylic acids is 2. The van der Waals surface area contributed by atoms with Gasteiger partial charge in [0.05, 0.1) is 11.4 Å². The number of benzene rings is 2. The summed E-state index contributed by atoms with van der Waals surface area (Å²) >= 11 is 6.92. The maximum absolute atomic E-state index is 14.1. The summed E-state index contributed by atoms with van der Waals surface area (Å²) in [7, 11) is 0. The first-order valence-corrected chi connectivity index (χ1v) is 10.9. The first-order valence-electron chi connectivity index (χ1n) is 9.74. The highest BCUT2D eigenvalue weighted by atomic mass is 35.5. The normalized spacial score (nSPS) is 15.4. The minimum atomic E-state index is -0.542.